The highest BCUT2D eigenvalue weighted by Gasteiger charge is 2.36. The fraction of sp³-hybridized carbons (Fsp3) is 0.348. The molecule has 8 nitrogen and oxygen atoms in total. The summed E-state index contributed by atoms with van der Waals surface area (Å²) in [6.07, 6.45) is 0.0992. The summed E-state index contributed by atoms with van der Waals surface area (Å²) >= 11 is 0. The number of fused-ring (bicyclic) bond motifs is 1. The molecule has 0 aliphatic carbocycles. The van der Waals surface area contributed by atoms with E-state index < -0.39 is 5.92 Å². The van der Waals surface area contributed by atoms with Crippen LogP contribution in [0.5, 0.6) is 11.5 Å². The molecule has 0 spiro atoms. The number of carbonyl (C=O) groups excluding carboxylic acids is 3. The van der Waals surface area contributed by atoms with E-state index in [4.69, 9.17) is 9.47 Å². The van der Waals surface area contributed by atoms with Crippen molar-refractivity contribution >= 4 is 29.1 Å². The van der Waals surface area contributed by atoms with E-state index in [0.717, 1.165) is 0 Å². The van der Waals surface area contributed by atoms with Gasteiger partial charge in [0.2, 0.25) is 18.6 Å². The molecule has 4 rings (SSSR count). The van der Waals surface area contributed by atoms with Gasteiger partial charge in [0.05, 0.1) is 17.2 Å². The molecule has 31 heavy (non-hydrogen) atoms. The number of nitrogens with zero attached hydrogens (tertiary/aromatic N) is 1. The third-order valence-corrected chi connectivity index (χ3v) is 5.26. The minimum atomic E-state index is -0.523. The highest BCUT2D eigenvalue weighted by atomic mass is 16.7. The van der Waals surface area contributed by atoms with Crippen LogP contribution in [0.15, 0.2) is 42.5 Å². The first-order valence-corrected chi connectivity index (χ1v) is 10.3. The molecule has 0 saturated carbocycles. The first-order chi connectivity index (χ1) is 14.9. The summed E-state index contributed by atoms with van der Waals surface area (Å²) < 4.78 is 10.7. The van der Waals surface area contributed by atoms with Crippen molar-refractivity contribution in [3.63, 3.8) is 0 Å². The number of hydrogen-bond acceptors (Lipinski definition) is 5. The Hall–Kier alpha value is -3.55. The van der Waals surface area contributed by atoms with E-state index in [9.17, 15) is 14.4 Å². The summed E-state index contributed by atoms with van der Waals surface area (Å²) in [4.78, 5) is 39.6. The van der Waals surface area contributed by atoms with Crippen LogP contribution in [0.2, 0.25) is 0 Å². The van der Waals surface area contributed by atoms with Crippen molar-refractivity contribution in [1.29, 1.82) is 0 Å². The van der Waals surface area contributed by atoms with Crippen molar-refractivity contribution in [2.24, 2.45) is 11.8 Å². The van der Waals surface area contributed by atoms with Gasteiger partial charge in [0.25, 0.3) is 5.91 Å². The van der Waals surface area contributed by atoms with Crippen molar-refractivity contribution in [3.8, 4) is 11.5 Å². The van der Waals surface area contributed by atoms with E-state index in [1.807, 2.05) is 13.8 Å². The van der Waals surface area contributed by atoms with Gasteiger partial charge < -0.3 is 25.0 Å². The molecule has 0 aromatic heterocycles. The zero-order valence-electron chi connectivity index (χ0n) is 17.5. The maximum Gasteiger partial charge on any atom is 0.253 e. The molecular formula is C23H25N3O5. The molecule has 1 unspecified atom stereocenters. The molecule has 0 radical (unpaired) electrons. The highest BCUT2D eigenvalue weighted by Crippen LogP contribution is 2.37. The number of para-hydroxylation sites is 1. The molecule has 3 amide bonds. The normalized spacial score (nSPS) is 17.2. The first-order valence-electron chi connectivity index (χ1n) is 10.3. The van der Waals surface area contributed by atoms with E-state index in [-0.39, 0.29) is 37.5 Å². The average molecular weight is 423 g/mol. The third kappa shape index (κ3) is 4.47. The number of hydrogen-bond donors (Lipinski definition) is 2. The molecule has 1 fully saturated rings. The number of amides is 3. The summed E-state index contributed by atoms with van der Waals surface area (Å²) in [7, 11) is 0. The van der Waals surface area contributed by atoms with Crippen molar-refractivity contribution in [2.45, 2.75) is 20.3 Å². The Bertz CT molecular complexity index is 1020. The molecule has 162 valence electrons. The lowest BCUT2D eigenvalue weighted by atomic mass is 10.1. The maximum absolute atomic E-state index is 12.9. The van der Waals surface area contributed by atoms with Gasteiger partial charge in [-0.1, -0.05) is 26.0 Å². The van der Waals surface area contributed by atoms with E-state index in [0.29, 0.717) is 40.9 Å². The summed E-state index contributed by atoms with van der Waals surface area (Å²) in [5.74, 6) is 0.343. The van der Waals surface area contributed by atoms with E-state index in [1.54, 1.807) is 47.4 Å². The topological polar surface area (TPSA) is 97.0 Å². The lowest BCUT2D eigenvalue weighted by molar-refractivity contribution is -0.122. The molecule has 1 atom stereocenters. The van der Waals surface area contributed by atoms with Crippen LogP contribution in [-0.4, -0.2) is 37.6 Å². The zero-order chi connectivity index (χ0) is 22.0. The number of anilines is 2. The van der Waals surface area contributed by atoms with Gasteiger partial charge in [-0.3, -0.25) is 14.4 Å². The van der Waals surface area contributed by atoms with Gasteiger partial charge in [-0.25, -0.2) is 0 Å². The van der Waals surface area contributed by atoms with E-state index in [1.165, 1.54) is 0 Å². The van der Waals surface area contributed by atoms with Gasteiger partial charge in [0, 0.05) is 31.3 Å². The Balaban J connectivity index is 1.44. The predicted octanol–water partition coefficient (Wildman–Crippen LogP) is 2.79. The summed E-state index contributed by atoms with van der Waals surface area (Å²) in [6, 6.07) is 12.1. The Morgan fingerprint density at radius 1 is 1.13 bits per heavy atom. The third-order valence-electron chi connectivity index (χ3n) is 5.26. The molecule has 2 aromatic carbocycles. The molecule has 2 aliphatic heterocycles. The fourth-order valence-corrected chi connectivity index (χ4v) is 3.60. The van der Waals surface area contributed by atoms with Crippen LogP contribution in [0.3, 0.4) is 0 Å². The number of carbonyl (C=O) groups is 3. The van der Waals surface area contributed by atoms with Crippen LogP contribution in [0.1, 0.15) is 30.6 Å². The van der Waals surface area contributed by atoms with Gasteiger partial charge in [0.15, 0.2) is 11.5 Å². The van der Waals surface area contributed by atoms with Crippen molar-refractivity contribution in [3.05, 3.63) is 48.0 Å². The molecule has 2 N–H and O–H groups in total. The smallest absolute Gasteiger partial charge is 0.253 e. The predicted molar refractivity (Wildman–Crippen MR) is 115 cm³/mol. The van der Waals surface area contributed by atoms with Crippen molar-refractivity contribution in [1.82, 2.24) is 5.32 Å². The molecule has 2 aliphatic rings. The van der Waals surface area contributed by atoms with Gasteiger partial charge in [-0.15, -0.1) is 0 Å². The maximum atomic E-state index is 12.9. The second kappa shape index (κ2) is 8.67. The molecule has 8 heteroatoms. The SMILES string of the molecule is CC(C)CNC(=O)c1ccccc1NC(=O)C1CC(=O)N(c2ccc3c(c2)OCO3)C1. The summed E-state index contributed by atoms with van der Waals surface area (Å²) in [6.45, 7) is 4.98. The standard InChI is InChI=1S/C23H25N3O5/c1-14(2)11-24-23(29)17-5-3-4-6-18(17)25-22(28)15-9-21(27)26(12-15)16-7-8-19-20(10-16)31-13-30-19/h3-8,10,14-15H,9,11-13H2,1-2H3,(H,24,29)(H,25,28). The number of benzene rings is 2. The highest BCUT2D eigenvalue weighted by molar-refractivity contribution is 6.07. The number of rotatable bonds is 6. The minimum absolute atomic E-state index is 0.0992. The van der Waals surface area contributed by atoms with Crippen LogP contribution in [0.25, 0.3) is 0 Å². The zero-order valence-corrected chi connectivity index (χ0v) is 17.5. The number of ether oxygens (including phenoxy) is 2. The molecule has 2 aromatic rings. The van der Waals surface area contributed by atoms with Crippen LogP contribution in [0, 0.1) is 11.8 Å². The second-order valence-electron chi connectivity index (χ2n) is 8.08. The quantitative estimate of drug-likeness (QED) is 0.745. The van der Waals surface area contributed by atoms with Crippen LogP contribution < -0.4 is 25.0 Å². The van der Waals surface area contributed by atoms with Gasteiger partial charge in [-0.05, 0) is 30.2 Å². The lowest BCUT2D eigenvalue weighted by Gasteiger charge is -2.17. The largest absolute Gasteiger partial charge is 0.454 e. The molecule has 0 bridgehead atoms. The van der Waals surface area contributed by atoms with E-state index >= 15 is 0 Å². The first kappa shape index (κ1) is 20.7. The Labute approximate surface area is 180 Å². The molecule has 1 saturated heterocycles. The van der Waals surface area contributed by atoms with Crippen molar-refractivity contribution < 1.29 is 23.9 Å². The Morgan fingerprint density at radius 3 is 2.71 bits per heavy atom. The average Bonchev–Trinajstić information content (AvgIpc) is 3.38. The second-order valence-corrected chi connectivity index (χ2v) is 8.08. The summed E-state index contributed by atoms with van der Waals surface area (Å²) in [5, 5.41) is 5.69. The Morgan fingerprint density at radius 2 is 1.90 bits per heavy atom. The van der Waals surface area contributed by atoms with E-state index in [2.05, 4.69) is 10.6 Å². The molecule has 2 heterocycles. The Kier molecular flexibility index (Phi) is 5.79. The van der Waals surface area contributed by atoms with Crippen LogP contribution >= 0.6 is 0 Å². The minimum Gasteiger partial charge on any atom is -0.454 e. The van der Waals surface area contributed by atoms with Crippen LogP contribution in [-0.2, 0) is 9.59 Å². The van der Waals surface area contributed by atoms with Gasteiger partial charge >= 0.3 is 0 Å². The summed E-state index contributed by atoms with van der Waals surface area (Å²) in [5.41, 5.74) is 1.49. The number of nitrogens with one attached hydrogen (secondary N) is 2. The van der Waals surface area contributed by atoms with Crippen molar-refractivity contribution in [2.75, 3.05) is 30.1 Å². The monoisotopic (exact) mass is 423 g/mol. The van der Waals surface area contributed by atoms with Gasteiger partial charge in [-0.2, -0.15) is 0 Å². The van der Waals surface area contributed by atoms with Crippen LogP contribution in [0.4, 0.5) is 11.4 Å². The van der Waals surface area contributed by atoms with Gasteiger partial charge in [0.1, 0.15) is 0 Å². The fourth-order valence-electron chi connectivity index (χ4n) is 3.60. The molecular weight excluding hydrogens is 398 g/mol. The lowest BCUT2D eigenvalue weighted by Crippen LogP contribution is -2.30.